The maximum Gasteiger partial charge on any atom is 0.243 e. The van der Waals surface area contributed by atoms with Crippen molar-refractivity contribution in [2.24, 2.45) is 0 Å². The van der Waals surface area contributed by atoms with Gasteiger partial charge in [0.15, 0.2) is 19.7 Å². The lowest BCUT2D eigenvalue weighted by Crippen LogP contribution is -2.48. The smallest absolute Gasteiger partial charge is 0.229 e. The predicted molar refractivity (Wildman–Crippen MR) is 99.1 cm³/mol. The molecule has 2 heterocycles. The zero-order valence-electron chi connectivity index (χ0n) is 14.8. The van der Waals surface area contributed by atoms with Crippen LogP contribution in [0.25, 0.3) is 0 Å². The Balaban J connectivity index is 2.08. The molecule has 146 valence electrons. The van der Waals surface area contributed by atoms with Crippen molar-refractivity contribution in [1.29, 1.82) is 0 Å². The largest absolute Gasteiger partial charge is 0.243 e. The topological polar surface area (TPSA) is 106 Å². The van der Waals surface area contributed by atoms with E-state index in [9.17, 15) is 25.3 Å². The first-order chi connectivity index (χ1) is 11.9. The van der Waals surface area contributed by atoms with Crippen LogP contribution in [0.2, 0.25) is 0 Å². The summed E-state index contributed by atoms with van der Waals surface area (Å²) >= 11 is 0. The first kappa shape index (κ1) is 19.8. The molecule has 1 aromatic carbocycles. The number of hydrogen-bond donors (Lipinski definition) is 0. The van der Waals surface area contributed by atoms with Crippen molar-refractivity contribution < 1.29 is 25.3 Å². The number of rotatable bonds is 4. The summed E-state index contributed by atoms with van der Waals surface area (Å²) in [5.41, 5.74) is 1.48. The quantitative estimate of drug-likeness (QED) is 0.707. The molecule has 2 saturated heterocycles. The zero-order valence-corrected chi connectivity index (χ0v) is 17.2. The Morgan fingerprint density at radius 3 is 1.81 bits per heavy atom. The molecule has 2 fully saturated rings. The number of aryl methyl sites for hydroxylation is 2. The van der Waals surface area contributed by atoms with E-state index in [-0.39, 0.29) is 40.7 Å². The number of hydrogen-bond acceptors (Lipinski definition) is 6. The molecule has 0 spiro atoms. The minimum atomic E-state index is -4.01. The van der Waals surface area contributed by atoms with Crippen LogP contribution in [0.5, 0.6) is 0 Å². The molecule has 2 atom stereocenters. The Morgan fingerprint density at radius 1 is 0.923 bits per heavy atom. The fourth-order valence-electron chi connectivity index (χ4n) is 3.85. The van der Waals surface area contributed by atoms with Gasteiger partial charge in [0, 0.05) is 12.1 Å². The summed E-state index contributed by atoms with van der Waals surface area (Å²) in [5, 5.41) is 0. The number of sulfonamides is 1. The van der Waals surface area contributed by atoms with Gasteiger partial charge >= 0.3 is 0 Å². The molecule has 0 amide bonds. The van der Waals surface area contributed by atoms with Gasteiger partial charge in [0.25, 0.3) is 0 Å². The summed E-state index contributed by atoms with van der Waals surface area (Å²) in [6.07, 6.45) is 0.395. The molecule has 0 unspecified atom stereocenters. The third-order valence-corrected chi connectivity index (χ3v) is 10.7. The summed E-state index contributed by atoms with van der Waals surface area (Å²) in [6, 6.07) is 3.52. The van der Waals surface area contributed by atoms with Gasteiger partial charge < -0.3 is 0 Å². The highest BCUT2D eigenvalue weighted by molar-refractivity contribution is 7.92. The van der Waals surface area contributed by atoms with Crippen LogP contribution in [0.1, 0.15) is 24.0 Å². The molecular formula is C16H23NO6S3. The maximum atomic E-state index is 13.4. The van der Waals surface area contributed by atoms with Crippen molar-refractivity contribution >= 4 is 29.7 Å². The van der Waals surface area contributed by atoms with E-state index in [1.807, 2.05) is 6.92 Å². The molecule has 1 aromatic rings. The van der Waals surface area contributed by atoms with Crippen molar-refractivity contribution in [1.82, 2.24) is 4.31 Å². The lowest BCUT2D eigenvalue weighted by atomic mass is 10.2. The lowest BCUT2D eigenvalue weighted by molar-refractivity contribution is 0.280. The average Bonchev–Trinajstić information content (AvgIpc) is 3.00. The Morgan fingerprint density at radius 2 is 1.42 bits per heavy atom. The molecule has 0 N–H and O–H groups in total. The SMILES string of the molecule is Cc1ccc(S(=O)(=O)N([C@@H]2CCS(=O)(=O)C2)[C@H]2CCS(=O)(=O)C2)c(C)c1. The van der Waals surface area contributed by atoms with Crippen molar-refractivity contribution in [3.63, 3.8) is 0 Å². The summed E-state index contributed by atoms with van der Waals surface area (Å²) in [6.45, 7) is 3.54. The molecule has 0 saturated carbocycles. The normalized spacial score (nSPS) is 27.8. The first-order valence-corrected chi connectivity index (χ1v) is 13.5. The fourth-order valence-corrected chi connectivity index (χ4v) is 9.53. The molecule has 3 rings (SSSR count). The first-order valence-electron chi connectivity index (χ1n) is 8.43. The summed E-state index contributed by atoms with van der Waals surface area (Å²) in [7, 11) is -10.6. The van der Waals surface area contributed by atoms with Gasteiger partial charge in [-0.3, -0.25) is 0 Å². The number of benzene rings is 1. The van der Waals surface area contributed by atoms with Gasteiger partial charge in [-0.1, -0.05) is 17.7 Å². The Labute approximate surface area is 155 Å². The van der Waals surface area contributed by atoms with Gasteiger partial charge in [-0.05, 0) is 38.3 Å². The highest BCUT2D eigenvalue weighted by Crippen LogP contribution is 2.32. The minimum absolute atomic E-state index is 0.0734. The number of sulfone groups is 2. The molecule has 7 nitrogen and oxygen atoms in total. The molecule has 0 aliphatic carbocycles. The van der Waals surface area contributed by atoms with Gasteiger partial charge in [-0.25, -0.2) is 25.3 Å². The lowest BCUT2D eigenvalue weighted by Gasteiger charge is -2.32. The van der Waals surface area contributed by atoms with Crippen molar-refractivity contribution in [3.8, 4) is 0 Å². The van der Waals surface area contributed by atoms with Crippen LogP contribution in [0.3, 0.4) is 0 Å². The van der Waals surface area contributed by atoms with Crippen LogP contribution in [-0.2, 0) is 29.7 Å². The van der Waals surface area contributed by atoms with Gasteiger partial charge in [0.05, 0.1) is 27.9 Å². The second-order valence-electron chi connectivity index (χ2n) is 7.22. The Hall–Kier alpha value is -0.970. The molecule has 0 bridgehead atoms. The molecule has 2 aliphatic heterocycles. The van der Waals surface area contributed by atoms with E-state index in [4.69, 9.17) is 0 Å². The van der Waals surface area contributed by atoms with E-state index in [0.717, 1.165) is 5.56 Å². The van der Waals surface area contributed by atoms with Crippen LogP contribution >= 0.6 is 0 Å². The Bertz CT molecular complexity index is 984. The highest BCUT2D eigenvalue weighted by Gasteiger charge is 2.46. The van der Waals surface area contributed by atoms with Crippen LogP contribution in [0, 0.1) is 13.8 Å². The molecule has 2 aliphatic rings. The van der Waals surface area contributed by atoms with Crippen LogP contribution < -0.4 is 0 Å². The van der Waals surface area contributed by atoms with Crippen LogP contribution in [0.4, 0.5) is 0 Å². The third kappa shape index (κ3) is 3.83. The predicted octanol–water partition coefficient (Wildman–Crippen LogP) is 0.668. The monoisotopic (exact) mass is 421 g/mol. The fraction of sp³-hybridized carbons (Fsp3) is 0.625. The number of nitrogens with zero attached hydrogens (tertiary/aromatic N) is 1. The van der Waals surface area contributed by atoms with Gasteiger partial charge in [-0.15, -0.1) is 0 Å². The van der Waals surface area contributed by atoms with Gasteiger partial charge in [-0.2, -0.15) is 4.31 Å². The molecule has 0 aromatic heterocycles. The zero-order chi connectivity index (χ0) is 19.3. The van der Waals surface area contributed by atoms with E-state index < -0.39 is 41.8 Å². The third-order valence-electron chi connectivity index (χ3n) is 5.02. The maximum absolute atomic E-state index is 13.4. The van der Waals surface area contributed by atoms with Crippen molar-refractivity contribution in [2.45, 2.75) is 43.7 Å². The molecule has 0 radical (unpaired) electrons. The second-order valence-corrected chi connectivity index (χ2v) is 13.5. The van der Waals surface area contributed by atoms with Crippen molar-refractivity contribution in [2.75, 3.05) is 23.0 Å². The second kappa shape index (κ2) is 6.57. The minimum Gasteiger partial charge on any atom is -0.229 e. The van der Waals surface area contributed by atoms with E-state index in [2.05, 4.69) is 0 Å². The summed E-state index contributed by atoms with van der Waals surface area (Å²) in [5.74, 6) is -0.659. The van der Waals surface area contributed by atoms with E-state index >= 15 is 0 Å². The van der Waals surface area contributed by atoms with Gasteiger partial charge in [0.2, 0.25) is 10.0 Å². The van der Waals surface area contributed by atoms with E-state index in [1.54, 1.807) is 19.1 Å². The van der Waals surface area contributed by atoms with Crippen molar-refractivity contribution in [3.05, 3.63) is 29.3 Å². The van der Waals surface area contributed by atoms with E-state index in [0.29, 0.717) is 5.56 Å². The standard InChI is InChI=1S/C16H23NO6S3/c1-12-3-4-16(13(2)9-12)26(22,23)17(14-5-7-24(18,19)10-14)15-6-8-25(20,21)11-15/h3-4,9,14-15H,5-8,10-11H2,1-2H3/t14-,15+. The van der Waals surface area contributed by atoms with Crippen LogP contribution in [0.15, 0.2) is 23.1 Å². The Kier molecular flexibility index (Phi) is 5.00. The summed E-state index contributed by atoms with van der Waals surface area (Å²) in [4.78, 5) is 0.108. The highest BCUT2D eigenvalue weighted by atomic mass is 32.2. The van der Waals surface area contributed by atoms with E-state index in [1.165, 1.54) is 10.4 Å². The van der Waals surface area contributed by atoms with Crippen LogP contribution in [-0.4, -0.2) is 64.7 Å². The molecular weight excluding hydrogens is 398 g/mol. The average molecular weight is 422 g/mol. The summed E-state index contributed by atoms with van der Waals surface area (Å²) < 4.78 is 75.7. The molecule has 10 heteroatoms. The van der Waals surface area contributed by atoms with Gasteiger partial charge in [0.1, 0.15) is 0 Å². The molecule has 26 heavy (non-hydrogen) atoms.